The Bertz CT molecular complexity index is 248. The molecule has 0 N–H and O–H groups in total. The molecule has 0 radical (unpaired) electrons. The van der Waals surface area contributed by atoms with Crippen molar-refractivity contribution in [2.45, 2.75) is 32.8 Å². The molecule has 1 atom stereocenters. The summed E-state index contributed by atoms with van der Waals surface area (Å²) in [5.74, 6) is 0.721. The van der Waals surface area contributed by atoms with Crippen LogP contribution in [0, 0.1) is 0 Å². The third-order valence-electron chi connectivity index (χ3n) is 1.62. The Balaban J connectivity index is 2.63. The largest absolute Gasteiger partial charge is 0.370 e. The molecule has 0 saturated carbocycles. The number of hydrogen-bond acceptors (Lipinski definition) is 4. The van der Waals surface area contributed by atoms with E-state index in [2.05, 4.69) is 16.3 Å². The van der Waals surface area contributed by atoms with Gasteiger partial charge < -0.3 is 4.74 Å². The van der Waals surface area contributed by atoms with Gasteiger partial charge >= 0.3 is 0 Å². The van der Waals surface area contributed by atoms with Gasteiger partial charge in [-0.2, -0.15) is 4.37 Å². The average molecular weight is 221 g/mol. The van der Waals surface area contributed by atoms with Crippen molar-refractivity contribution in [3.63, 3.8) is 0 Å². The number of rotatable bonds is 5. The first kappa shape index (κ1) is 10.9. The third kappa shape index (κ3) is 3.21. The van der Waals surface area contributed by atoms with Gasteiger partial charge in [0.05, 0.1) is 0 Å². The van der Waals surface area contributed by atoms with Gasteiger partial charge in [0.2, 0.25) is 4.47 Å². The van der Waals surface area contributed by atoms with Crippen LogP contribution in [-0.4, -0.2) is 16.0 Å². The lowest BCUT2D eigenvalue weighted by Crippen LogP contribution is -2.05. The zero-order valence-electron chi connectivity index (χ0n) is 7.79. The summed E-state index contributed by atoms with van der Waals surface area (Å²) in [6.45, 7) is 4.76. The van der Waals surface area contributed by atoms with Gasteiger partial charge in [-0.1, -0.05) is 13.3 Å². The van der Waals surface area contributed by atoms with Gasteiger partial charge in [0.15, 0.2) is 5.82 Å². The fourth-order valence-corrected chi connectivity index (χ4v) is 1.75. The van der Waals surface area contributed by atoms with E-state index in [-0.39, 0.29) is 6.10 Å². The van der Waals surface area contributed by atoms with Crippen molar-refractivity contribution in [1.29, 1.82) is 0 Å². The predicted octanol–water partition coefficient (Wildman–Crippen LogP) is 3.07. The molecule has 0 aliphatic heterocycles. The van der Waals surface area contributed by atoms with E-state index in [1.165, 1.54) is 11.5 Å². The lowest BCUT2D eigenvalue weighted by atomic mass is 10.2. The molecule has 1 aromatic rings. The van der Waals surface area contributed by atoms with Crippen molar-refractivity contribution < 1.29 is 4.74 Å². The van der Waals surface area contributed by atoms with Crippen LogP contribution in [0.3, 0.4) is 0 Å². The van der Waals surface area contributed by atoms with Crippen LogP contribution in [0.4, 0.5) is 0 Å². The zero-order chi connectivity index (χ0) is 9.68. The number of aromatic nitrogens is 2. The molecule has 0 saturated heterocycles. The SMILES string of the molecule is CCCC(OCC)c1nsc(Cl)n1. The van der Waals surface area contributed by atoms with Gasteiger partial charge in [-0.15, -0.1) is 0 Å². The van der Waals surface area contributed by atoms with Crippen molar-refractivity contribution >= 4 is 23.1 Å². The Kier molecular flexibility index (Phi) is 4.62. The van der Waals surface area contributed by atoms with Crippen LogP contribution in [0.5, 0.6) is 0 Å². The van der Waals surface area contributed by atoms with Crippen molar-refractivity contribution in [3.8, 4) is 0 Å². The van der Waals surface area contributed by atoms with Crippen molar-refractivity contribution in [3.05, 3.63) is 10.3 Å². The summed E-state index contributed by atoms with van der Waals surface area (Å²) in [5.41, 5.74) is 0. The maximum atomic E-state index is 5.69. The number of halogens is 1. The molecule has 0 amide bonds. The first-order valence-electron chi connectivity index (χ1n) is 4.38. The Labute approximate surface area is 87.3 Å². The van der Waals surface area contributed by atoms with Crippen LogP contribution >= 0.6 is 23.1 Å². The summed E-state index contributed by atoms with van der Waals surface area (Å²) in [6.07, 6.45) is 2.02. The molecule has 1 rings (SSSR count). The highest BCUT2D eigenvalue weighted by molar-refractivity contribution is 7.10. The predicted molar refractivity (Wildman–Crippen MR) is 54.2 cm³/mol. The molecule has 1 heterocycles. The Morgan fingerprint density at radius 3 is 2.77 bits per heavy atom. The quantitative estimate of drug-likeness (QED) is 0.765. The smallest absolute Gasteiger partial charge is 0.203 e. The maximum absolute atomic E-state index is 5.69. The summed E-state index contributed by atoms with van der Waals surface area (Å²) < 4.78 is 10.1. The average Bonchev–Trinajstić information content (AvgIpc) is 2.51. The lowest BCUT2D eigenvalue weighted by Gasteiger charge is -2.11. The molecule has 0 aromatic carbocycles. The topological polar surface area (TPSA) is 35.0 Å². The second-order valence-electron chi connectivity index (χ2n) is 2.64. The van der Waals surface area contributed by atoms with Crippen molar-refractivity contribution in [2.24, 2.45) is 0 Å². The minimum absolute atomic E-state index is 0.0127. The van der Waals surface area contributed by atoms with Crippen LogP contribution in [0.15, 0.2) is 0 Å². The highest BCUT2D eigenvalue weighted by atomic mass is 35.5. The van der Waals surface area contributed by atoms with Gasteiger partial charge in [-0.05, 0) is 36.5 Å². The van der Waals surface area contributed by atoms with E-state index in [9.17, 15) is 0 Å². The summed E-state index contributed by atoms with van der Waals surface area (Å²) in [7, 11) is 0. The summed E-state index contributed by atoms with van der Waals surface area (Å²) in [5, 5.41) is 0. The summed E-state index contributed by atoms with van der Waals surface area (Å²) in [4.78, 5) is 4.10. The first-order chi connectivity index (χ1) is 6.27. The fraction of sp³-hybridized carbons (Fsp3) is 0.750. The van der Waals surface area contributed by atoms with E-state index < -0.39 is 0 Å². The van der Waals surface area contributed by atoms with Crippen LogP contribution in [0.1, 0.15) is 38.6 Å². The van der Waals surface area contributed by atoms with E-state index >= 15 is 0 Å². The van der Waals surface area contributed by atoms with Gasteiger partial charge in [-0.25, -0.2) is 4.98 Å². The van der Waals surface area contributed by atoms with E-state index in [0.29, 0.717) is 11.1 Å². The number of hydrogen-bond donors (Lipinski definition) is 0. The molecule has 13 heavy (non-hydrogen) atoms. The molecule has 0 bridgehead atoms. The Hall–Kier alpha value is -0.190. The molecule has 1 aromatic heterocycles. The van der Waals surface area contributed by atoms with Crippen molar-refractivity contribution in [1.82, 2.24) is 9.36 Å². The molecule has 1 unspecified atom stereocenters. The molecule has 0 fully saturated rings. The van der Waals surface area contributed by atoms with Crippen LogP contribution in [0.25, 0.3) is 0 Å². The molecule has 0 aliphatic carbocycles. The van der Waals surface area contributed by atoms with Gasteiger partial charge in [0, 0.05) is 6.61 Å². The zero-order valence-corrected chi connectivity index (χ0v) is 9.36. The minimum atomic E-state index is 0.0127. The van der Waals surface area contributed by atoms with Gasteiger partial charge in [0.25, 0.3) is 0 Å². The number of ether oxygens (including phenoxy) is 1. The second kappa shape index (κ2) is 5.52. The summed E-state index contributed by atoms with van der Waals surface area (Å²) in [6, 6.07) is 0. The summed E-state index contributed by atoms with van der Waals surface area (Å²) >= 11 is 6.90. The van der Waals surface area contributed by atoms with Gasteiger partial charge in [0.1, 0.15) is 6.10 Å². The first-order valence-corrected chi connectivity index (χ1v) is 5.53. The Morgan fingerprint density at radius 2 is 2.31 bits per heavy atom. The lowest BCUT2D eigenvalue weighted by molar-refractivity contribution is 0.0502. The van der Waals surface area contributed by atoms with Crippen LogP contribution < -0.4 is 0 Å². The normalized spacial score (nSPS) is 13.2. The van der Waals surface area contributed by atoms with Gasteiger partial charge in [-0.3, -0.25) is 0 Å². The monoisotopic (exact) mass is 220 g/mol. The van der Waals surface area contributed by atoms with E-state index in [4.69, 9.17) is 16.3 Å². The fourth-order valence-electron chi connectivity index (χ4n) is 1.10. The van der Waals surface area contributed by atoms with E-state index in [1.807, 2.05) is 6.92 Å². The van der Waals surface area contributed by atoms with Crippen LogP contribution in [-0.2, 0) is 4.74 Å². The highest BCUT2D eigenvalue weighted by Gasteiger charge is 2.15. The standard InChI is InChI=1S/C8H13ClN2OS/c1-3-5-6(12-4-2)7-10-8(9)13-11-7/h6H,3-5H2,1-2H3. The van der Waals surface area contributed by atoms with E-state index in [1.54, 1.807) is 0 Å². The van der Waals surface area contributed by atoms with Crippen LogP contribution in [0.2, 0.25) is 4.47 Å². The Morgan fingerprint density at radius 1 is 1.54 bits per heavy atom. The highest BCUT2D eigenvalue weighted by Crippen LogP contribution is 2.23. The molecule has 3 nitrogen and oxygen atoms in total. The molecule has 5 heteroatoms. The molecular weight excluding hydrogens is 208 g/mol. The molecule has 0 spiro atoms. The molecule has 74 valence electrons. The molecule has 0 aliphatic rings. The third-order valence-corrected chi connectivity index (χ3v) is 2.44. The molecular formula is C8H13ClN2OS. The maximum Gasteiger partial charge on any atom is 0.203 e. The second-order valence-corrected chi connectivity index (χ2v) is 3.97. The van der Waals surface area contributed by atoms with Crippen molar-refractivity contribution in [2.75, 3.05) is 6.61 Å². The van der Waals surface area contributed by atoms with E-state index in [0.717, 1.165) is 18.7 Å². The number of nitrogens with zero attached hydrogens (tertiary/aromatic N) is 2. The minimum Gasteiger partial charge on any atom is -0.370 e.